The Morgan fingerprint density at radius 3 is 2.67 bits per heavy atom. The maximum atomic E-state index is 11.6. The molecule has 0 bridgehead atoms. The van der Waals surface area contributed by atoms with Crippen molar-refractivity contribution in [2.24, 2.45) is 5.92 Å². The smallest absolute Gasteiger partial charge is 0.407 e. The predicted molar refractivity (Wildman–Crippen MR) is 59.7 cm³/mol. The summed E-state index contributed by atoms with van der Waals surface area (Å²) in [6.07, 6.45) is -2.42. The number of nitrogens with one attached hydrogen (secondary N) is 1. The second kappa shape index (κ2) is 5.95. The van der Waals surface area contributed by atoms with Crippen LogP contribution in [0.15, 0.2) is 0 Å². The van der Waals surface area contributed by atoms with Gasteiger partial charge in [-0.25, -0.2) is 4.79 Å². The number of amides is 1. The molecule has 0 heterocycles. The van der Waals surface area contributed by atoms with Gasteiger partial charge in [0.05, 0.1) is 2.74 Å². The Labute approximate surface area is 100 Å². The first-order chi connectivity index (χ1) is 9.05. The Morgan fingerprint density at radius 1 is 1.67 bits per heavy atom. The first-order valence-electron chi connectivity index (χ1n) is 7.77. The average molecular weight is 223 g/mol. The van der Waals surface area contributed by atoms with Crippen molar-refractivity contribution in [3.8, 4) is 0 Å². The van der Waals surface area contributed by atoms with Crippen molar-refractivity contribution in [1.82, 2.24) is 5.32 Å². The summed E-state index contributed by atoms with van der Waals surface area (Å²) in [5.41, 5.74) is -0.754. The average Bonchev–Trinajstić information content (AvgIpc) is 2.08. The highest BCUT2D eigenvalue weighted by atomic mass is 16.6. The lowest BCUT2D eigenvalue weighted by Gasteiger charge is -2.22. The Bertz CT molecular complexity index is 346. The molecule has 0 saturated carbocycles. The number of hydrogen-bond donors (Lipinski definition) is 2. The standard InChI is InChI=1S/C11H23NO3/c1-8(7-13)6-9(2)12-10(14)15-11(3,4)5/h8-9,13H,6-7H2,1-5H3,(H,12,14)/t8-,9+/m0/s1/i1+0D3,6D,7D2/t6?,8-,9+. The SMILES string of the molecule is [2H]C([C@@H](C)NC(=O)OC(C)(C)C)[C@@H](C([2H])([2H])O)[12C]([2H])([2H])[2H]. The lowest BCUT2D eigenvalue weighted by Crippen LogP contribution is -2.38. The van der Waals surface area contributed by atoms with Crippen LogP contribution < -0.4 is 5.32 Å². The van der Waals surface area contributed by atoms with Crippen LogP contribution in [0.3, 0.4) is 0 Å². The van der Waals surface area contributed by atoms with E-state index >= 15 is 0 Å². The van der Waals surface area contributed by atoms with Gasteiger partial charge >= 0.3 is 6.09 Å². The summed E-state index contributed by atoms with van der Waals surface area (Å²) in [7, 11) is 0. The number of hydrogen-bond acceptors (Lipinski definition) is 3. The monoisotopic (exact) mass is 223 g/mol. The zero-order valence-corrected chi connectivity index (χ0v) is 9.50. The molecule has 0 aromatic rings. The van der Waals surface area contributed by atoms with E-state index < -0.39 is 43.5 Å². The van der Waals surface area contributed by atoms with Gasteiger partial charge in [0, 0.05) is 18.1 Å². The van der Waals surface area contributed by atoms with Crippen LogP contribution in [0.5, 0.6) is 0 Å². The second-order valence-corrected chi connectivity index (χ2v) is 4.23. The number of rotatable bonds is 4. The van der Waals surface area contributed by atoms with Gasteiger partial charge in [0.1, 0.15) is 5.60 Å². The fraction of sp³-hybridized carbons (Fsp3) is 0.909. The van der Waals surface area contributed by atoms with E-state index in [1.165, 1.54) is 6.92 Å². The number of alkyl carbamates (subject to hydrolysis) is 1. The molecule has 0 spiro atoms. The van der Waals surface area contributed by atoms with E-state index in [1.54, 1.807) is 20.8 Å². The Balaban J connectivity index is 4.96. The molecular formula is C11H23NO3. The fourth-order valence-corrected chi connectivity index (χ4v) is 0.873. The van der Waals surface area contributed by atoms with E-state index in [0.29, 0.717) is 0 Å². The van der Waals surface area contributed by atoms with Gasteiger partial charge in [-0.1, -0.05) is 6.85 Å². The Morgan fingerprint density at radius 2 is 2.27 bits per heavy atom. The van der Waals surface area contributed by atoms with E-state index in [4.69, 9.17) is 13.0 Å². The maximum absolute atomic E-state index is 11.6. The van der Waals surface area contributed by atoms with Gasteiger partial charge < -0.3 is 15.2 Å². The van der Waals surface area contributed by atoms with Crippen molar-refractivity contribution in [3.63, 3.8) is 0 Å². The van der Waals surface area contributed by atoms with E-state index in [1.807, 2.05) is 0 Å². The number of carbonyl (C=O) groups excluding carboxylic acids is 1. The molecule has 4 nitrogen and oxygen atoms in total. The van der Waals surface area contributed by atoms with Crippen molar-refractivity contribution in [1.29, 1.82) is 0 Å². The van der Waals surface area contributed by atoms with Gasteiger partial charge in [-0.05, 0) is 40.0 Å². The number of ether oxygens (including phenoxy) is 1. The zero-order valence-electron chi connectivity index (χ0n) is 15.5. The Kier molecular flexibility index (Phi) is 2.67. The van der Waals surface area contributed by atoms with Crippen molar-refractivity contribution in [2.45, 2.75) is 52.6 Å². The minimum Gasteiger partial charge on any atom is -0.444 e. The molecule has 0 radical (unpaired) electrons. The van der Waals surface area contributed by atoms with Gasteiger partial charge in [0.2, 0.25) is 0 Å². The van der Waals surface area contributed by atoms with Crippen molar-refractivity contribution in [3.05, 3.63) is 0 Å². The minimum atomic E-state index is -3.07. The van der Waals surface area contributed by atoms with Crippen LogP contribution in [0, 0.1) is 5.92 Å². The lowest BCUT2D eigenvalue weighted by atomic mass is 10.0. The molecule has 15 heavy (non-hydrogen) atoms. The maximum Gasteiger partial charge on any atom is 0.407 e. The van der Waals surface area contributed by atoms with Gasteiger partial charge in [-0.2, -0.15) is 0 Å². The molecule has 0 rings (SSSR count). The highest BCUT2D eigenvalue weighted by Gasteiger charge is 2.18. The number of carbonyl (C=O) groups is 1. The first-order valence-corrected chi connectivity index (χ1v) is 4.70. The van der Waals surface area contributed by atoms with Gasteiger partial charge in [0.15, 0.2) is 0 Å². The summed E-state index contributed by atoms with van der Waals surface area (Å²) in [5.74, 6) is -1.96. The second-order valence-electron chi connectivity index (χ2n) is 4.23. The summed E-state index contributed by atoms with van der Waals surface area (Å²) < 4.78 is 49.0. The summed E-state index contributed by atoms with van der Waals surface area (Å²) in [6, 6.07) is -1.02. The molecular weight excluding hydrogens is 194 g/mol. The van der Waals surface area contributed by atoms with Crippen molar-refractivity contribution < 1.29 is 22.9 Å². The molecule has 0 aliphatic carbocycles. The summed E-state index contributed by atoms with van der Waals surface area (Å²) in [5, 5.41) is 11.6. The molecule has 0 fully saturated rings. The summed E-state index contributed by atoms with van der Waals surface area (Å²) >= 11 is 0. The third kappa shape index (κ3) is 8.24. The molecule has 1 unspecified atom stereocenters. The van der Waals surface area contributed by atoms with Crippen LogP contribution in [0.4, 0.5) is 4.79 Å². The van der Waals surface area contributed by atoms with Crippen LogP contribution in [-0.2, 0) is 4.74 Å². The molecule has 4 heteroatoms. The normalized spacial score (nSPS) is 25.4. The highest BCUT2D eigenvalue weighted by Crippen LogP contribution is 2.08. The Hall–Kier alpha value is -0.770. The van der Waals surface area contributed by atoms with E-state index in [0.717, 1.165) is 0 Å². The fourth-order valence-electron chi connectivity index (χ4n) is 0.873. The van der Waals surface area contributed by atoms with Crippen LogP contribution >= 0.6 is 0 Å². The zero-order chi connectivity index (χ0) is 17.2. The summed E-state index contributed by atoms with van der Waals surface area (Å²) in [6.45, 7) is 0.342. The first kappa shape index (κ1) is 6.74. The molecule has 0 aromatic carbocycles. The molecule has 0 saturated heterocycles. The van der Waals surface area contributed by atoms with E-state index in [9.17, 15) is 9.90 Å². The highest BCUT2D eigenvalue weighted by molar-refractivity contribution is 5.67. The van der Waals surface area contributed by atoms with Crippen molar-refractivity contribution >= 4 is 6.09 Å². The lowest BCUT2D eigenvalue weighted by molar-refractivity contribution is 0.0499. The van der Waals surface area contributed by atoms with Crippen molar-refractivity contribution in [2.75, 3.05) is 6.56 Å². The largest absolute Gasteiger partial charge is 0.444 e. The molecule has 3 atom stereocenters. The van der Waals surface area contributed by atoms with Crippen LogP contribution in [0.1, 0.15) is 49.2 Å². The molecule has 2 N–H and O–H groups in total. The molecule has 90 valence electrons. The molecule has 0 aliphatic rings. The third-order valence-corrected chi connectivity index (χ3v) is 1.36. The van der Waals surface area contributed by atoms with Crippen LogP contribution in [0.2, 0.25) is 0 Å². The summed E-state index contributed by atoms with van der Waals surface area (Å²) in [4.78, 5) is 11.6. The molecule has 0 aromatic heterocycles. The van der Waals surface area contributed by atoms with E-state index in [-0.39, 0.29) is 0 Å². The molecule has 1 amide bonds. The van der Waals surface area contributed by atoms with Crippen LogP contribution in [-0.4, -0.2) is 29.4 Å². The van der Waals surface area contributed by atoms with Crippen LogP contribution in [0.25, 0.3) is 0 Å². The van der Waals surface area contributed by atoms with Gasteiger partial charge in [0.25, 0.3) is 0 Å². The van der Waals surface area contributed by atoms with Gasteiger partial charge in [-0.15, -0.1) is 0 Å². The number of aliphatic hydroxyl groups is 1. The topological polar surface area (TPSA) is 58.6 Å². The quantitative estimate of drug-likeness (QED) is 0.765. The van der Waals surface area contributed by atoms with Gasteiger partial charge in [-0.3, -0.25) is 0 Å². The molecule has 0 aliphatic heterocycles. The predicted octanol–water partition coefficient (Wildman–Crippen LogP) is 1.92. The minimum absolute atomic E-state index is 0.754. The third-order valence-electron chi connectivity index (χ3n) is 1.36. The van der Waals surface area contributed by atoms with E-state index in [2.05, 4.69) is 5.32 Å².